The van der Waals surface area contributed by atoms with Gasteiger partial charge in [-0.3, -0.25) is 14.3 Å². The number of para-hydroxylation sites is 1. The number of carbonyl (C=O) groups excluding carboxylic acids is 1. The SMILES string of the molecule is O=C(CSc1nc(=O)n(Cc2ccccn2)c2c1CCCC2)Nc1ccccc1. The van der Waals surface area contributed by atoms with Crippen LogP contribution in [0.5, 0.6) is 0 Å². The maximum Gasteiger partial charge on any atom is 0.349 e. The zero-order valence-electron chi connectivity index (χ0n) is 16.0. The van der Waals surface area contributed by atoms with Gasteiger partial charge in [-0.15, -0.1) is 0 Å². The molecule has 0 spiro atoms. The first kappa shape index (κ1) is 19.4. The van der Waals surface area contributed by atoms with Crippen LogP contribution in [-0.4, -0.2) is 26.2 Å². The molecular formula is C22H22N4O2S. The van der Waals surface area contributed by atoms with Gasteiger partial charge in [0.15, 0.2) is 0 Å². The third-order valence-electron chi connectivity index (χ3n) is 4.89. The zero-order valence-corrected chi connectivity index (χ0v) is 16.8. The molecule has 1 aliphatic rings. The molecule has 0 fully saturated rings. The summed E-state index contributed by atoms with van der Waals surface area (Å²) in [4.78, 5) is 33.7. The number of aromatic nitrogens is 3. The molecular weight excluding hydrogens is 384 g/mol. The summed E-state index contributed by atoms with van der Waals surface area (Å²) in [5.74, 6) is 0.114. The summed E-state index contributed by atoms with van der Waals surface area (Å²) >= 11 is 1.34. The topological polar surface area (TPSA) is 76.9 Å². The number of hydrogen-bond acceptors (Lipinski definition) is 5. The quantitative estimate of drug-likeness (QED) is 0.502. The van der Waals surface area contributed by atoms with E-state index in [1.165, 1.54) is 11.8 Å². The Hall–Kier alpha value is -2.93. The number of amides is 1. The Balaban J connectivity index is 1.54. The van der Waals surface area contributed by atoms with Gasteiger partial charge in [0.2, 0.25) is 5.91 Å². The minimum Gasteiger partial charge on any atom is -0.325 e. The van der Waals surface area contributed by atoms with Gasteiger partial charge in [0.25, 0.3) is 0 Å². The van der Waals surface area contributed by atoms with Crippen molar-refractivity contribution in [1.29, 1.82) is 0 Å². The molecule has 2 heterocycles. The molecule has 1 N–H and O–H groups in total. The van der Waals surface area contributed by atoms with Gasteiger partial charge in [-0.1, -0.05) is 36.0 Å². The maximum absolute atomic E-state index is 12.8. The molecule has 29 heavy (non-hydrogen) atoms. The fraction of sp³-hybridized carbons (Fsp3) is 0.273. The Kier molecular flexibility index (Phi) is 6.05. The van der Waals surface area contributed by atoms with Crippen molar-refractivity contribution in [1.82, 2.24) is 14.5 Å². The van der Waals surface area contributed by atoms with Gasteiger partial charge in [0.1, 0.15) is 5.03 Å². The van der Waals surface area contributed by atoms with Crippen LogP contribution in [0.1, 0.15) is 29.8 Å². The number of pyridine rings is 1. The lowest BCUT2D eigenvalue weighted by Crippen LogP contribution is -2.31. The van der Waals surface area contributed by atoms with E-state index in [0.29, 0.717) is 11.6 Å². The van der Waals surface area contributed by atoms with Crippen LogP contribution in [0.2, 0.25) is 0 Å². The van der Waals surface area contributed by atoms with E-state index in [1.807, 2.05) is 48.5 Å². The summed E-state index contributed by atoms with van der Waals surface area (Å²) in [6.07, 6.45) is 5.59. The number of anilines is 1. The monoisotopic (exact) mass is 406 g/mol. The molecule has 1 aromatic carbocycles. The van der Waals surface area contributed by atoms with Crippen molar-refractivity contribution in [2.45, 2.75) is 37.3 Å². The predicted molar refractivity (Wildman–Crippen MR) is 114 cm³/mol. The van der Waals surface area contributed by atoms with Crippen molar-refractivity contribution in [2.75, 3.05) is 11.1 Å². The van der Waals surface area contributed by atoms with Crippen molar-refractivity contribution < 1.29 is 4.79 Å². The summed E-state index contributed by atoms with van der Waals surface area (Å²) in [5.41, 5.74) is 3.46. The third-order valence-corrected chi connectivity index (χ3v) is 5.91. The smallest absolute Gasteiger partial charge is 0.325 e. The van der Waals surface area contributed by atoms with Crippen molar-refractivity contribution >= 4 is 23.4 Å². The number of benzene rings is 1. The number of rotatable bonds is 6. The zero-order chi connectivity index (χ0) is 20.1. The molecule has 0 atom stereocenters. The normalized spacial score (nSPS) is 13.0. The highest BCUT2D eigenvalue weighted by Gasteiger charge is 2.21. The highest BCUT2D eigenvalue weighted by atomic mass is 32.2. The van der Waals surface area contributed by atoms with Crippen LogP contribution in [0.4, 0.5) is 5.69 Å². The van der Waals surface area contributed by atoms with Crippen molar-refractivity contribution in [3.05, 3.63) is 82.2 Å². The lowest BCUT2D eigenvalue weighted by molar-refractivity contribution is -0.113. The van der Waals surface area contributed by atoms with Gasteiger partial charge in [-0.2, -0.15) is 4.98 Å². The van der Waals surface area contributed by atoms with Gasteiger partial charge in [0.05, 0.1) is 18.0 Å². The van der Waals surface area contributed by atoms with Gasteiger partial charge >= 0.3 is 5.69 Å². The second-order valence-corrected chi connectivity index (χ2v) is 7.91. The molecule has 7 heteroatoms. The van der Waals surface area contributed by atoms with Crippen LogP contribution < -0.4 is 11.0 Å². The van der Waals surface area contributed by atoms with Crippen LogP contribution in [0, 0.1) is 0 Å². The Morgan fingerprint density at radius 3 is 2.66 bits per heavy atom. The molecule has 4 rings (SSSR count). The minimum absolute atomic E-state index is 0.106. The second-order valence-electron chi connectivity index (χ2n) is 6.94. The molecule has 6 nitrogen and oxygen atoms in total. The summed E-state index contributed by atoms with van der Waals surface area (Å²) in [6, 6.07) is 15.1. The molecule has 3 aromatic rings. The van der Waals surface area contributed by atoms with Crippen LogP contribution in [0.15, 0.2) is 64.5 Å². The Bertz CT molecular complexity index is 1050. The van der Waals surface area contributed by atoms with E-state index in [-0.39, 0.29) is 17.3 Å². The van der Waals surface area contributed by atoms with Crippen molar-refractivity contribution in [2.24, 2.45) is 0 Å². The van der Waals surface area contributed by atoms with Crippen LogP contribution >= 0.6 is 11.8 Å². The molecule has 148 valence electrons. The minimum atomic E-state index is -0.276. The number of nitrogens with one attached hydrogen (secondary N) is 1. The maximum atomic E-state index is 12.8. The van der Waals surface area contributed by atoms with E-state index in [4.69, 9.17) is 0 Å². The summed E-state index contributed by atoms with van der Waals surface area (Å²) in [6.45, 7) is 0.425. The summed E-state index contributed by atoms with van der Waals surface area (Å²) in [7, 11) is 0. The molecule has 0 unspecified atom stereocenters. The number of fused-ring (bicyclic) bond motifs is 1. The Morgan fingerprint density at radius 1 is 1.07 bits per heavy atom. The first-order valence-electron chi connectivity index (χ1n) is 9.71. The van der Waals surface area contributed by atoms with E-state index in [2.05, 4.69) is 15.3 Å². The Morgan fingerprint density at radius 2 is 1.86 bits per heavy atom. The molecule has 0 radical (unpaired) electrons. The lowest BCUT2D eigenvalue weighted by Gasteiger charge is -2.22. The highest BCUT2D eigenvalue weighted by Crippen LogP contribution is 2.28. The van der Waals surface area contributed by atoms with Crippen molar-refractivity contribution in [3.63, 3.8) is 0 Å². The predicted octanol–water partition coefficient (Wildman–Crippen LogP) is 3.30. The fourth-order valence-electron chi connectivity index (χ4n) is 3.54. The largest absolute Gasteiger partial charge is 0.349 e. The molecule has 0 aliphatic heterocycles. The van der Waals surface area contributed by atoms with Gasteiger partial charge < -0.3 is 5.32 Å². The van der Waals surface area contributed by atoms with E-state index in [1.54, 1.807) is 10.8 Å². The van der Waals surface area contributed by atoms with Gasteiger partial charge in [-0.05, 0) is 49.9 Å². The first-order chi connectivity index (χ1) is 14.2. The molecule has 1 amide bonds. The number of carbonyl (C=O) groups is 1. The number of hydrogen-bond donors (Lipinski definition) is 1. The van der Waals surface area contributed by atoms with Crippen molar-refractivity contribution in [3.8, 4) is 0 Å². The second kappa shape index (κ2) is 9.05. The lowest BCUT2D eigenvalue weighted by atomic mass is 9.97. The highest BCUT2D eigenvalue weighted by molar-refractivity contribution is 8.00. The molecule has 1 aliphatic carbocycles. The molecule has 2 aromatic heterocycles. The van der Waals surface area contributed by atoms with Gasteiger partial charge in [0, 0.05) is 23.1 Å². The molecule has 0 saturated heterocycles. The summed E-state index contributed by atoms with van der Waals surface area (Å²) < 4.78 is 1.74. The fourth-order valence-corrected chi connectivity index (χ4v) is 4.41. The van der Waals surface area contributed by atoms with E-state index in [0.717, 1.165) is 48.3 Å². The van der Waals surface area contributed by atoms with E-state index < -0.39 is 0 Å². The first-order valence-corrected chi connectivity index (χ1v) is 10.7. The average Bonchev–Trinajstić information content (AvgIpc) is 2.76. The molecule has 0 saturated carbocycles. The van der Waals surface area contributed by atoms with Gasteiger partial charge in [-0.25, -0.2) is 4.79 Å². The van der Waals surface area contributed by atoms with E-state index >= 15 is 0 Å². The summed E-state index contributed by atoms with van der Waals surface area (Å²) in [5, 5.41) is 3.56. The van der Waals surface area contributed by atoms with Crippen LogP contribution in [0.3, 0.4) is 0 Å². The van der Waals surface area contributed by atoms with Crippen LogP contribution in [0.25, 0.3) is 0 Å². The standard InChI is InChI=1S/C22H22N4O2S/c27-20(24-16-8-2-1-3-9-16)15-29-21-18-11-4-5-12-19(18)26(22(28)25-21)14-17-10-6-7-13-23-17/h1-3,6-10,13H,4-5,11-12,14-15H2,(H,24,27). The number of nitrogens with zero attached hydrogens (tertiary/aromatic N) is 3. The molecule has 0 bridgehead atoms. The third kappa shape index (κ3) is 4.74. The number of thioether (sulfide) groups is 1. The Labute approximate surface area is 173 Å². The van der Waals surface area contributed by atoms with Crippen LogP contribution in [-0.2, 0) is 24.2 Å². The van der Waals surface area contributed by atoms with E-state index in [9.17, 15) is 9.59 Å². The average molecular weight is 407 g/mol.